The molecule has 1 unspecified atom stereocenters. The van der Waals surface area contributed by atoms with Crippen molar-refractivity contribution in [1.29, 1.82) is 0 Å². The lowest BCUT2D eigenvalue weighted by Crippen LogP contribution is -2.57. The van der Waals surface area contributed by atoms with E-state index in [0.717, 1.165) is 5.56 Å². The van der Waals surface area contributed by atoms with Crippen molar-refractivity contribution in [3.05, 3.63) is 24.2 Å². The quantitative estimate of drug-likeness (QED) is 0.872. The number of hydrogen-bond acceptors (Lipinski definition) is 3. The van der Waals surface area contributed by atoms with Crippen LogP contribution in [-0.2, 0) is 16.1 Å². The van der Waals surface area contributed by atoms with Gasteiger partial charge in [-0.1, -0.05) is 13.8 Å². The van der Waals surface area contributed by atoms with E-state index < -0.39 is 6.04 Å². The lowest BCUT2D eigenvalue weighted by Gasteiger charge is -2.33. The zero-order chi connectivity index (χ0) is 13.1. The molecule has 1 aromatic heterocycles. The highest BCUT2D eigenvalue weighted by molar-refractivity contribution is 5.94. The minimum Gasteiger partial charge on any atom is -0.472 e. The molecule has 1 N–H and O–H groups in total. The van der Waals surface area contributed by atoms with Gasteiger partial charge in [0.25, 0.3) is 0 Å². The third kappa shape index (κ3) is 2.91. The van der Waals surface area contributed by atoms with Gasteiger partial charge in [-0.2, -0.15) is 0 Å². The Hall–Kier alpha value is -1.78. The van der Waals surface area contributed by atoms with E-state index in [1.165, 1.54) is 0 Å². The number of furan rings is 1. The van der Waals surface area contributed by atoms with Crippen molar-refractivity contribution in [3.8, 4) is 0 Å². The molecule has 0 aliphatic carbocycles. The zero-order valence-corrected chi connectivity index (χ0v) is 10.7. The Labute approximate surface area is 106 Å². The maximum atomic E-state index is 12.2. The fraction of sp³-hybridized carbons (Fsp3) is 0.538. The molecule has 2 rings (SSSR count). The summed E-state index contributed by atoms with van der Waals surface area (Å²) in [6, 6.07) is 1.41. The summed E-state index contributed by atoms with van der Waals surface area (Å²) >= 11 is 0. The second-order valence-corrected chi connectivity index (χ2v) is 5.08. The van der Waals surface area contributed by atoms with Crippen LogP contribution in [0.1, 0.15) is 25.8 Å². The SMILES string of the molecule is CC(C)CC1NC(=O)CN(Cc2ccoc2)C1=O. The molecule has 1 aliphatic heterocycles. The van der Waals surface area contributed by atoms with Gasteiger partial charge in [0.15, 0.2) is 0 Å². The van der Waals surface area contributed by atoms with Crippen molar-refractivity contribution in [2.75, 3.05) is 6.54 Å². The van der Waals surface area contributed by atoms with Gasteiger partial charge in [-0.05, 0) is 18.4 Å². The van der Waals surface area contributed by atoms with E-state index in [4.69, 9.17) is 4.42 Å². The number of nitrogens with one attached hydrogen (secondary N) is 1. The van der Waals surface area contributed by atoms with Gasteiger partial charge in [0.1, 0.15) is 6.04 Å². The number of nitrogens with zero attached hydrogens (tertiary/aromatic N) is 1. The maximum Gasteiger partial charge on any atom is 0.245 e. The Morgan fingerprint density at radius 2 is 2.28 bits per heavy atom. The van der Waals surface area contributed by atoms with E-state index in [-0.39, 0.29) is 18.4 Å². The summed E-state index contributed by atoms with van der Waals surface area (Å²) in [4.78, 5) is 25.4. The van der Waals surface area contributed by atoms with Crippen LogP contribution in [0, 0.1) is 5.92 Å². The van der Waals surface area contributed by atoms with Gasteiger partial charge in [-0.3, -0.25) is 9.59 Å². The Bertz CT molecular complexity index is 425. The molecule has 98 valence electrons. The summed E-state index contributed by atoms with van der Waals surface area (Å²) in [5, 5.41) is 2.75. The molecule has 1 saturated heterocycles. The average Bonchev–Trinajstić information content (AvgIpc) is 2.77. The summed E-state index contributed by atoms with van der Waals surface area (Å²) in [6.07, 6.45) is 3.83. The first-order valence-electron chi connectivity index (χ1n) is 6.15. The first-order chi connectivity index (χ1) is 8.56. The Kier molecular flexibility index (Phi) is 3.69. The Morgan fingerprint density at radius 1 is 1.50 bits per heavy atom. The number of amides is 2. The topological polar surface area (TPSA) is 62.6 Å². The standard InChI is InChI=1S/C13H18N2O3/c1-9(2)5-11-13(17)15(7-12(16)14-11)6-10-3-4-18-8-10/h3-4,8-9,11H,5-7H2,1-2H3,(H,14,16). The van der Waals surface area contributed by atoms with E-state index in [9.17, 15) is 9.59 Å². The zero-order valence-electron chi connectivity index (χ0n) is 10.7. The van der Waals surface area contributed by atoms with Gasteiger partial charge in [-0.25, -0.2) is 0 Å². The van der Waals surface area contributed by atoms with E-state index in [1.54, 1.807) is 23.5 Å². The van der Waals surface area contributed by atoms with Gasteiger partial charge in [0.05, 0.1) is 19.1 Å². The molecule has 0 bridgehead atoms. The fourth-order valence-corrected chi connectivity index (χ4v) is 2.14. The van der Waals surface area contributed by atoms with Gasteiger partial charge >= 0.3 is 0 Å². The molecule has 1 aromatic rings. The minimum atomic E-state index is -0.391. The fourth-order valence-electron chi connectivity index (χ4n) is 2.14. The van der Waals surface area contributed by atoms with Crippen LogP contribution in [0.4, 0.5) is 0 Å². The monoisotopic (exact) mass is 250 g/mol. The molecule has 2 amide bonds. The van der Waals surface area contributed by atoms with Crippen LogP contribution in [0.25, 0.3) is 0 Å². The molecule has 18 heavy (non-hydrogen) atoms. The molecular formula is C13H18N2O3. The highest BCUT2D eigenvalue weighted by atomic mass is 16.3. The smallest absolute Gasteiger partial charge is 0.245 e. The molecule has 0 saturated carbocycles. The molecule has 0 radical (unpaired) electrons. The van der Waals surface area contributed by atoms with E-state index in [2.05, 4.69) is 5.32 Å². The van der Waals surface area contributed by atoms with Gasteiger partial charge in [0.2, 0.25) is 11.8 Å². The normalized spacial score (nSPS) is 20.4. The summed E-state index contributed by atoms with van der Waals surface area (Å²) in [5.41, 5.74) is 0.904. The summed E-state index contributed by atoms with van der Waals surface area (Å²) in [5.74, 6) is 0.265. The van der Waals surface area contributed by atoms with Crippen LogP contribution in [-0.4, -0.2) is 29.3 Å². The number of hydrogen-bond donors (Lipinski definition) is 1. The van der Waals surface area contributed by atoms with Crippen LogP contribution < -0.4 is 5.32 Å². The van der Waals surface area contributed by atoms with Crippen LogP contribution in [0.5, 0.6) is 0 Å². The van der Waals surface area contributed by atoms with E-state index in [1.807, 2.05) is 13.8 Å². The second-order valence-electron chi connectivity index (χ2n) is 5.08. The Morgan fingerprint density at radius 3 is 2.89 bits per heavy atom. The number of piperazine rings is 1. The largest absolute Gasteiger partial charge is 0.472 e. The number of carbonyl (C=O) groups excluding carboxylic acids is 2. The lowest BCUT2D eigenvalue weighted by molar-refractivity contribution is -0.145. The van der Waals surface area contributed by atoms with Gasteiger partial charge in [0, 0.05) is 12.1 Å². The maximum absolute atomic E-state index is 12.2. The summed E-state index contributed by atoms with van der Waals surface area (Å²) < 4.78 is 4.97. The molecule has 1 atom stereocenters. The van der Waals surface area contributed by atoms with Gasteiger partial charge < -0.3 is 14.6 Å². The van der Waals surface area contributed by atoms with Crippen molar-refractivity contribution in [2.24, 2.45) is 5.92 Å². The van der Waals surface area contributed by atoms with Crippen LogP contribution >= 0.6 is 0 Å². The molecule has 1 fully saturated rings. The highest BCUT2D eigenvalue weighted by Gasteiger charge is 2.32. The number of carbonyl (C=O) groups is 2. The Balaban J connectivity index is 2.05. The first kappa shape index (κ1) is 12.7. The van der Waals surface area contributed by atoms with Crippen molar-refractivity contribution in [2.45, 2.75) is 32.9 Å². The molecule has 0 spiro atoms. The number of rotatable bonds is 4. The third-order valence-corrected chi connectivity index (χ3v) is 2.94. The summed E-state index contributed by atoms with van der Waals surface area (Å²) in [7, 11) is 0. The van der Waals surface area contributed by atoms with Crippen molar-refractivity contribution < 1.29 is 14.0 Å². The van der Waals surface area contributed by atoms with Crippen LogP contribution in [0.15, 0.2) is 23.0 Å². The predicted octanol–water partition coefficient (Wildman–Crippen LogP) is 1.15. The van der Waals surface area contributed by atoms with Crippen LogP contribution in [0.3, 0.4) is 0 Å². The van der Waals surface area contributed by atoms with Gasteiger partial charge in [-0.15, -0.1) is 0 Å². The van der Waals surface area contributed by atoms with Crippen molar-refractivity contribution >= 4 is 11.8 Å². The van der Waals surface area contributed by atoms with E-state index in [0.29, 0.717) is 18.9 Å². The molecule has 5 heteroatoms. The highest BCUT2D eigenvalue weighted by Crippen LogP contribution is 2.14. The second kappa shape index (κ2) is 5.25. The average molecular weight is 250 g/mol. The minimum absolute atomic E-state index is 0.00972. The van der Waals surface area contributed by atoms with Crippen molar-refractivity contribution in [3.63, 3.8) is 0 Å². The molecule has 5 nitrogen and oxygen atoms in total. The summed E-state index contributed by atoms with van der Waals surface area (Å²) in [6.45, 7) is 4.62. The lowest BCUT2D eigenvalue weighted by atomic mass is 10.0. The molecule has 1 aliphatic rings. The van der Waals surface area contributed by atoms with Crippen LogP contribution in [0.2, 0.25) is 0 Å². The predicted molar refractivity (Wildman–Crippen MR) is 65.5 cm³/mol. The molecule has 0 aromatic carbocycles. The molecular weight excluding hydrogens is 232 g/mol. The van der Waals surface area contributed by atoms with Crippen molar-refractivity contribution in [1.82, 2.24) is 10.2 Å². The third-order valence-electron chi connectivity index (χ3n) is 2.94. The first-order valence-corrected chi connectivity index (χ1v) is 6.15. The van der Waals surface area contributed by atoms with E-state index >= 15 is 0 Å². The molecule has 2 heterocycles.